The van der Waals surface area contributed by atoms with Gasteiger partial charge < -0.3 is 10.3 Å². The maximum atomic E-state index is 12.2. The lowest BCUT2D eigenvalue weighted by Crippen LogP contribution is -2.17. The molecule has 0 saturated carbocycles. The molecule has 0 aliphatic carbocycles. The van der Waals surface area contributed by atoms with Crippen molar-refractivity contribution in [2.45, 2.75) is 20.8 Å². The Morgan fingerprint density at radius 2 is 1.76 bits per heavy atom. The minimum absolute atomic E-state index is 0.0573. The molecule has 8 heteroatoms. The van der Waals surface area contributed by atoms with Crippen LogP contribution in [0.1, 0.15) is 30.9 Å². The molecule has 0 radical (unpaired) electrons. The summed E-state index contributed by atoms with van der Waals surface area (Å²) in [5, 5.41) is 2.91. The molecular formula is C29H27N7O. The molecule has 0 spiro atoms. The molecule has 5 aromatic rings. The van der Waals surface area contributed by atoms with Crippen molar-refractivity contribution < 1.29 is 4.79 Å². The summed E-state index contributed by atoms with van der Waals surface area (Å²) >= 11 is 0. The van der Waals surface area contributed by atoms with Crippen LogP contribution < -0.4 is 5.32 Å². The number of para-hydroxylation sites is 1. The number of nitrogens with zero attached hydrogens (tertiary/aromatic N) is 5. The van der Waals surface area contributed by atoms with Crippen molar-refractivity contribution >= 4 is 28.3 Å². The number of carbonyl (C=O) groups is 1. The first-order chi connectivity index (χ1) is 17.9. The van der Waals surface area contributed by atoms with Gasteiger partial charge in [-0.15, -0.1) is 0 Å². The van der Waals surface area contributed by atoms with Crippen LogP contribution in [0.3, 0.4) is 0 Å². The van der Waals surface area contributed by atoms with Gasteiger partial charge in [-0.2, -0.15) is 0 Å². The van der Waals surface area contributed by atoms with Crippen molar-refractivity contribution in [1.82, 2.24) is 24.9 Å². The van der Waals surface area contributed by atoms with Gasteiger partial charge in [-0.25, -0.2) is 4.98 Å². The summed E-state index contributed by atoms with van der Waals surface area (Å²) in [5.41, 5.74) is 8.61. The van der Waals surface area contributed by atoms with Crippen LogP contribution in [0, 0.1) is 12.8 Å². The Balaban J connectivity index is 1.54. The normalized spacial score (nSPS) is 11.8. The Hall–Kier alpha value is -4.72. The number of aryl methyl sites for hydroxylation is 1. The average Bonchev–Trinajstić information content (AvgIpc) is 3.35. The van der Waals surface area contributed by atoms with Crippen molar-refractivity contribution in [2.24, 2.45) is 10.9 Å². The third-order valence-corrected chi connectivity index (χ3v) is 6.16. The van der Waals surface area contributed by atoms with E-state index >= 15 is 0 Å². The van der Waals surface area contributed by atoms with E-state index in [0.717, 1.165) is 44.5 Å². The Bertz CT molecular complexity index is 1620. The molecule has 0 aliphatic rings. The number of aromatic amines is 1. The zero-order valence-electron chi connectivity index (χ0n) is 21.1. The molecule has 5 rings (SSSR count). The standard InChI is InChI=1S/C29H27N7O/c1-17(2)29(37)34-22-12-20(14-32-16-22)21-13-24(18(3)33-15-21)27(30-4)28-35-25-7-5-6-23(26(25)36-28)19-8-10-31-11-9-19/h5-17H,1-4H3,(H,34,37)(H,35,36). The van der Waals surface area contributed by atoms with Crippen molar-refractivity contribution in [2.75, 3.05) is 12.4 Å². The number of anilines is 1. The second-order valence-electron chi connectivity index (χ2n) is 9.06. The molecule has 184 valence electrons. The van der Waals surface area contributed by atoms with Crippen molar-refractivity contribution in [3.05, 3.63) is 90.5 Å². The monoisotopic (exact) mass is 489 g/mol. The highest BCUT2D eigenvalue weighted by molar-refractivity contribution is 6.13. The van der Waals surface area contributed by atoms with Gasteiger partial charge in [0.25, 0.3) is 0 Å². The van der Waals surface area contributed by atoms with E-state index in [0.29, 0.717) is 17.2 Å². The van der Waals surface area contributed by atoms with Crippen LogP contribution in [-0.2, 0) is 4.79 Å². The lowest BCUT2D eigenvalue weighted by Gasteiger charge is -2.11. The predicted molar refractivity (Wildman–Crippen MR) is 147 cm³/mol. The van der Waals surface area contributed by atoms with Crippen LogP contribution >= 0.6 is 0 Å². The second-order valence-corrected chi connectivity index (χ2v) is 9.06. The van der Waals surface area contributed by atoms with E-state index in [9.17, 15) is 4.79 Å². The molecule has 0 aliphatic heterocycles. The zero-order valence-corrected chi connectivity index (χ0v) is 21.1. The third kappa shape index (κ3) is 4.86. The molecular weight excluding hydrogens is 462 g/mol. The zero-order chi connectivity index (χ0) is 25.9. The number of nitrogens with one attached hydrogen (secondary N) is 2. The number of carbonyl (C=O) groups excluding carboxylic acids is 1. The van der Waals surface area contributed by atoms with Crippen LogP contribution in [0.5, 0.6) is 0 Å². The van der Waals surface area contributed by atoms with Crippen molar-refractivity contribution in [3.8, 4) is 22.3 Å². The molecule has 0 saturated heterocycles. The van der Waals surface area contributed by atoms with E-state index < -0.39 is 0 Å². The minimum Gasteiger partial charge on any atom is -0.337 e. The summed E-state index contributed by atoms with van der Waals surface area (Å²) < 4.78 is 0. The molecule has 8 nitrogen and oxygen atoms in total. The Labute approximate surface area is 215 Å². The van der Waals surface area contributed by atoms with E-state index in [2.05, 4.69) is 36.3 Å². The quantitative estimate of drug-likeness (QED) is 0.308. The number of hydrogen-bond acceptors (Lipinski definition) is 6. The number of benzene rings is 1. The fraction of sp³-hybridized carbons (Fsp3) is 0.172. The van der Waals surface area contributed by atoms with Crippen molar-refractivity contribution in [3.63, 3.8) is 0 Å². The van der Waals surface area contributed by atoms with Gasteiger partial charge in [-0.1, -0.05) is 26.0 Å². The Kier molecular flexibility index (Phi) is 6.55. The number of amides is 1. The number of fused-ring (bicyclic) bond motifs is 1. The van der Waals surface area contributed by atoms with E-state index in [1.165, 1.54) is 0 Å². The number of imidazole rings is 1. The van der Waals surface area contributed by atoms with Gasteiger partial charge in [0.2, 0.25) is 5.91 Å². The SMILES string of the molecule is CN=C(c1nc2c(-c3ccncc3)cccc2[nH]1)c1cc(-c2cncc(NC(=O)C(C)C)c2)cnc1C. The molecule has 4 heterocycles. The molecule has 2 N–H and O–H groups in total. The van der Waals surface area contributed by atoms with Gasteiger partial charge in [-0.05, 0) is 42.8 Å². The van der Waals surface area contributed by atoms with E-state index in [-0.39, 0.29) is 11.8 Å². The fourth-order valence-corrected chi connectivity index (χ4v) is 4.15. The maximum absolute atomic E-state index is 12.2. The van der Waals surface area contributed by atoms with Gasteiger partial charge in [-0.3, -0.25) is 24.7 Å². The van der Waals surface area contributed by atoms with E-state index in [1.54, 1.807) is 38.0 Å². The molecule has 0 atom stereocenters. The fourth-order valence-electron chi connectivity index (χ4n) is 4.15. The Morgan fingerprint density at radius 1 is 0.973 bits per heavy atom. The molecule has 1 amide bonds. The highest BCUT2D eigenvalue weighted by Crippen LogP contribution is 2.29. The van der Waals surface area contributed by atoms with Gasteiger partial charge in [0.15, 0.2) is 5.82 Å². The molecule has 0 fully saturated rings. The summed E-state index contributed by atoms with van der Waals surface area (Å²) in [5.74, 6) is 0.484. The van der Waals surface area contributed by atoms with Crippen molar-refractivity contribution in [1.29, 1.82) is 0 Å². The highest BCUT2D eigenvalue weighted by atomic mass is 16.1. The summed E-state index contributed by atoms with van der Waals surface area (Å²) in [6, 6.07) is 13.9. The number of pyridine rings is 3. The van der Waals surface area contributed by atoms with E-state index in [4.69, 9.17) is 4.98 Å². The largest absolute Gasteiger partial charge is 0.337 e. The molecule has 4 aromatic heterocycles. The molecule has 1 aromatic carbocycles. The van der Waals surface area contributed by atoms with E-state index in [1.807, 2.05) is 57.2 Å². The highest BCUT2D eigenvalue weighted by Gasteiger charge is 2.18. The number of rotatable bonds is 6. The number of aliphatic imine (C=N–C) groups is 1. The Morgan fingerprint density at radius 3 is 2.51 bits per heavy atom. The van der Waals surface area contributed by atoms with Gasteiger partial charge in [0, 0.05) is 65.7 Å². The molecule has 0 bridgehead atoms. The minimum atomic E-state index is -0.123. The summed E-state index contributed by atoms with van der Waals surface area (Å²) in [6.45, 7) is 5.66. The first kappa shape index (κ1) is 24.0. The molecule has 37 heavy (non-hydrogen) atoms. The van der Waals surface area contributed by atoms with Crippen LogP contribution in [0.2, 0.25) is 0 Å². The van der Waals surface area contributed by atoms with Crippen LogP contribution in [0.15, 0.2) is 78.4 Å². The van der Waals surface area contributed by atoms with Crippen LogP contribution in [0.4, 0.5) is 5.69 Å². The maximum Gasteiger partial charge on any atom is 0.226 e. The summed E-state index contributed by atoms with van der Waals surface area (Å²) in [7, 11) is 1.75. The average molecular weight is 490 g/mol. The smallest absolute Gasteiger partial charge is 0.226 e. The predicted octanol–water partition coefficient (Wildman–Crippen LogP) is 5.45. The lowest BCUT2D eigenvalue weighted by atomic mass is 10.0. The topological polar surface area (TPSA) is 109 Å². The number of H-pyrrole nitrogens is 1. The lowest BCUT2D eigenvalue weighted by molar-refractivity contribution is -0.118. The number of hydrogen-bond donors (Lipinski definition) is 2. The molecule has 0 unspecified atom stereocenters. The first-order valence-electron chi connectivity index (χ1n) is 12.0. The summed E-state index contributed by atoms with van der Waals surface area (Å²) in [6.07, 6.45) is 8.75. The van der Waals surface area contributed by atoms with Gasteiger partial charge >= 0.3 is 0 Å². The van der Waals surface area contributed by atoms with Crippen LogP contribution in [-0.4, -0.2) is 43.6 Å². The van der Waals surface area contributed by atoms with Gasteiger partial charge in [0.1, 0.15) is 5.71 Å². The summed E-state index contributed by atoms with van der Waals surface area (Å²) in [4.78, 5) is 38.2. The number of aromatic nitrogens is 5. The van der Waals surface area contributed by atoms with Crippen LogP contribution in [0.25, 0.3) is 33.3 Å². The third-order valence-electron chi connectivity index (χ3n) is 6.16. The first-order valence-corrected chi connectivity index (χ1v) is 12.0. The second kappa shape index (κ2) is 10.1. The van der Waals surface area contributed by atoms with Gasteiger partial charge in [0.05, 0.1) is 22.9 Å².